The number of carbonyl (C=O) groups is 1. The Morgan fingerprint density at radius 2 is 2.23 bits per heavy atom. The van der Waals surface area contributed by atoms with E-state index in [1.54, 1.807) is 24.6 Å². The van der Waals surface area contributed by atoms with E-state index in [0.29, 0.717) is 6.54 Å². The van der Waals surface area contributed by atoms with Crippen molar-refractivity contribution in [3.05, 3.63) is 46.4 Å². The molecule has 2 rings (SSSR count). The summed E-state index contributed by atoms with van der Waals surface area (Å²) in [6.45, 7) is 4.56. The largest absolute Gasteiger partial charge is 0.377 e. The molecule has 0 saturated carbocycles. The molecule has 2 amide bonds. The smallest absolute Gasteiger partial charge is 0.319 e. The number of carbonyl (C=O) groups excluding carboxylic acids is 1. The van der Waals surface area contributed by atoms with Gasteiger partial charge < -0.3 is 15.4 Å². The fourth-order valence-electron chi connectivity index (χ4n) is 1.99. The van der Waals surface area contributed by atoms with Crippen LogP contribution in [0.1, 0.15) is 36.4 Å². The van der Waals surface area contributed by atoms with Crippen molar-refractivity contribution in [2.75, 3.05) is 19.0 Å². The molecule has 0 unspecified atom stereocenters. The minimum Gasteiger partial charge on any atom is -0.377 e. The quantitative estimate of drug-likeness (QED) is 0.852. The van der Waals surface area contributed by atoms with Crippen LogP contribution in [0.3, 0.4) is 0 Å². The second kappa shape index (κ2) is 7.91. The highest BCUT2D eigenvalue weighted by Gasteiger charge is 2.10. The highest BCUT2D eigenvalue weighted by atomic mass is 32.1. The molecular formula is C16H21N3O2S. The van der Waals surface area contributed by atoms with Crippen molar-refractivity contribution in [1.82, 2.24) is 10.3 Å². The van der Waals surface area contributed by atoms with Gasteiger partial charge in [-0.2, -0.15) is 0 Å². The number of nitrogens with zero attached hydrogens (tertiary/aromatic N) is 1. The van der Waals surface area contributed by atoms with Crippen LogP contribution in [-0.2, 0) is 4.74 Å². The first kappa shape index (κ1) is 16.5. The maximum absolute atomic E-state index is 12.0. The van der Waals surface area contributed by atoms with Gasteiger partial charge in [0.15, 0.2) is 0 Å². The molecule has 1 heterocycles. The monoisotopic (exact) mass is 319 g/mol. The number of urea groups is 1. The Hall–Kier alpha value is -1.92. The van der Waals surface area contributed by atoms with Crippen molar-refractivity contribution in [1.29, 1.82) is 0 Å². The molecule has 5 nitrogen and oxygen atoms in total. The molecule has 0 spiro atoms. The summed E-state index contributed by atoms with van der Waals surface area (Å²) in [7, 11) is 1.66. The first-order chi connectivity index (χ1) is 10.6. The minimum atomic E-state index is -0.217. The fraction of sp³-hybridized carbons (Fsp3) is 0.375. The second-order valence-corrected chi connectivity index (χ2v) is 6.04. The lowest BCUT2D eigenvalue weighted by Crippen LogP contribution is -2.31. The molecular weight excluding hydrogens is 298 g/mol. The lowest BCUT2D eigenvalue weighted by atomic mass is 10.1. The summed E-state index contributed by atoms with van der Waals surface area (Å²) < 4.78 is 5.28. The summed E-state index contributed by atoms with van der Waals surface area (Å²) in [5, 5.41) is 8.67. The van der Waals surface area contributed by atoms with Gasteiger partial charge in [0.2, 0.25) is 0 Å². The van der Waals surface area contributed by atoms with Crippen LogP contribution >= 0.6 is 11.3 Å². The third kappa shape index (κ3) is 4.54. The van der Waals surface area contributed by atoms with Crippen LogP contribution in [0.5, 0.6) is 0 Å². The summed E-state index contributed by atoms with van der Waals surface area (Å²) in [6.07, 6.45) is 1.77. The topological polar surface area (TPSA) is 63.2 Å². The molecule has 0 radical (unpaired) electrons. The molecule has 1 aromatic heterocycles. The maximum atomic E-state index is 12.0. The highest BCUT2D eigenvalue weighted by Crippen LogP contribution is 2.20. The third-order valence-corrected chi connectivity index (χ3v) is 4.42. The Balaban J connectivity index is 1.87. The Morgan fingerprint density at radius 3 is 2.91 bits per heavy atom. The van der Waals surface area contributed by atoms with Crippen molar-refractivity contribution < 1.29 is 9.53 Å². The second-order valence-electron chi connectivity index (χ2n) is 5.11. The lowest BCUT2D eigenvalue weighted by molar-refractivity contribution is 0.119. The van der Waals surface area contributed by atoms with Gasteiger partial charge in [0, 0.05) is 36.8 Å². The van der Waals surface area contributed by atoms with Gasteiger partial charge in [0.05, 0.1) is 11.1 Å². The zero-order chi connectivity index (χ0) is 15.9. The van der Waals surface area contributed by atoms with Gasteiger partial charge in [-0.3, -0.25) is 0 Å². The van der Waals surface area contributed by atoms with Crippen LogP contribution in [0.4, 0.5) is 10.5 Å². The number of benzene rings is 1. The number of hydrogen-bond donors (Lipinski definition) is 2. The number of aromatic nitrogens is 1. The van der Waals surface area contributed by atoms with E-state index in [1.165, 1.54) is 0 Å². The zero-order valence-electron chi connectivity index (χ0n) is 13.0. The van der Waals surface area contributed by atoms with E-state index in [4.69, 9.17) is 4.74 Å². The maximum Gasteiger partial charge on any atom is 0.319 e. The summed E-state index contributed by atoms with van der Waals surface area (Å²) in [4.78, 5) is 16.2. The number of thiazole rings is 1. The summed E-state index contributed by atoms with van der Waals surface area (Å²) in [5.74, 6) is 0.200. The van der Waals surface area contributed by atoms with E-state index in [9.17, 15) is 4.79 Å². The molecule has 0 aliphatic carbocycles. The molecule has 2 atom stereocenters. The van der Waals surface area contributed by atoms with E-state index in [2.05, 4.69) is 15.6 Å². The average molecular weight is 319 g/mol. The van der Waals surface area contributed by atoms with Crippen molar-refractivity contribution in [2.45, 2.75) is 25.9 Å². The van der Waals surface area contributed by atoms with Crippen LogP contribution in [-0.4, -0.2) is 24.7 Å². The number of amides is 2. The third-order valence-electron chi connectivity index (χ3n) is 3.41. The standard InChI is InChI=1S/C16H21N3O2S/c1-11(15-17-7-8-22-15)10-18-16(20)19-14-6-4-5-13(9-14)12(2)21-3/h4-9,11-12H,10H2,1-3H3,(H2,18,19,20)/t11-,12+/m0/s1. The molecule has 0 saturated heterocycles. The van der Waals surface area contributed by atoms with Crippen molar-refractivity contribution in [3.8, 4) is 0 Å². The fourth-order valence-corrected chi connectivity index (χ4v) is 2.69. The molecule has 118 valence electrons. The Kier molecular flexibility index (Phi) is 5.91. The van der Waals surface area contributed by atoms with Gasteiger partial charge in [-0.05, 0) is 24.6 Å². The molecule has 0 bridgehead atoms. The molecule has 0 fully saturated rings. The van der Waals surface area contributed by atoms with E-state index in [-0.39, 0.29) is 18.1 Å². The number of methoxy groups -OCH3 is 1. The van der Waals surface area contributed by atoms with Crippen LogP contribution < -0.4 is 10.6 Å². The van der Waals surface area contributed by atoms with Gasteiger partial charge in [-0.25, -0.2) is 9.78 Å². The Morgan fingerprint density at radius 1 is 1.41 bits per heavy atom. The van der Waals surface area contributed by atoms with Crippen molar-refractivity contribution in [3.63, 3.8) is 0 Å². The minimum absolute atomic E-state index is 0.00487. The first-order valence-corrected chi connectivity index (χ1v) is 8.05. The SMILES string of the molecule is CO[C@H](C)c1cccc(NC(=O)NC[C@H](C)c2nccs2)c1. The molecule has 2 N–H and O–H groups in total. The Labute approximate surface area is 134 Å². The number of ether oxygens (including phenoxy) is 1. The van der Waals surface area contributed by atoms with E-state index < -0.39 is 0 Å². The van der Waals surface area contributed by atoms with E-state index in [0.717, 1.165) is 16.3 Å². The predicted molar refractivity (Wildman–Crippen MR) is 89.4 cm³/mol. The lowest BCUT2D eigenvalue weighted by Gasteiger charge is -2.13. The highest BCUT2D eigenvalue weighted by molar-refractivity contribution is 7.09. The summed E-state index contributed by atoms with van der Waals surface area (Å²) in [6, 6.07) is 7.43. The summed E-state index contributed by atoms with van der Waals surface area (Å²) in [5.41, 5.74) is 1.78. The van der Waals surface area contributed by atoms with Crippen molar-refractivity contribution in [2.24, 2.45) is 0 Å². The van der Waals surface area contributed by atoms with Gasteiger partial charge in [-0.1, -0.05) is 19.1 Å². The van der Waals surface area contributed by atoms with Gasteiger partial charge in [0.25, 0.3) is 0 Å². The average Bonchev–Trinajstić information content (AvgIpc) is 3.06. The predicted octanol–water partition coefficient (Wildman–Crippen LogP) is 3.78. The molecule has 6 heteroatoms. The van der Waals surface area contributed by atoms with Crippen LogP contribution in [0, 0.1) is 0 Å². The van der Waals surface area contributed by atoms with Gasteiger partial charge >= 0.3 is 6.03 Å². The summed E-state index contributed by atoms with van der Waals surface area (Å²) >= 11 is 1.60. The van der Waals surface area contributed by atoms with Crippen LogP contribution in [0.15, 0.2) is 35.8 Å². The zero-order valence-corrected chi connectivity index (χ0v) is 13.8. The molecule has 0 aliphatic heterocycles. The van der Waals surface area contributed by atoms with Crippen molar-refractivity contribution >= 4 is 23.1 Å². The number of anilines is 1. The van der Waals surface area contributed by atoms with Crippen LogP contribution in [0.25, 0.3) is 0 Å². The molecule has 1 aromatic carbocycles. The van der Waals surface area contributed by atoms with Gasteiger partial charge in [-0.15, -0.1) is 11.3 Å². The molecule has 22 heavy (non-hydrogen) atoms. The molecule has 0 aliphatic rings. The normalized spacial score (nSPS) is 13.4. The first-order valence-electron chi connectivity index (χ1n) is 7.17. The number of hydrogen-bond acceptors (Lipinski definition) is 4. The molecule has 2 aromatic rings. The van der Waals surface area contributed by atoms with E-state index in [1.807, 2.05) is 43.5 Å². The van der Waals surface area contributed by atoms with E-state index >= 15 is 0 Å². The van der Waals surface area contributed by atoms with Gasteiger partial charge in [0.1, 0.15) is 0 Å². The van der Waals surface area contributed by atoms with Crippen LogP contribution in [0.2, 0.25) is 0 Å². The Bertz CT molecular complexity index is 601. The number of rotatable bonds is 6. The number of nitrogens with one attached hydrogen (secondary N) is 2.